The van der Waals surface area contributed by atoms with Crippen LogP contribution in [-0.2, 0) is 4.74 Å². The molecule has 1 aliphatic heterocycles. The zero-order chi connectivity index (χ0) is 13.5. The highest BCUT2D eigenvalue weighted by molar-refractivity contribution is 7.14. The van der Waals surface area contributed by atoms with Crippen LogP contribution < -0.4 is 5.32 Å². The second-order valence-electron chi connectivity index (χ2n) is 4.58. The Morgan fingerprint density at radius 3 is 3.21 bits per heavy atom. The van der Waals surface area contributed by atoms with Gasteiger partial charge in [0, 0.05) is 19.1 Å². The molecule has 1 saturated heterocycles. The largest absolute Gasteiger partial charge is 0.381 e. The van der Waals surface area contributed by atoms with Gasteiger partial charge in [0.25, 0.3) is 5.91 Å². The first-order valence-electron chi connectivity index (χ1n) is 6.65. The van der Waals surface area contributed by atoms with E-state index >= 15 is 0 Å². The van der Waals surface area contributed by atoms with Gasteiger partial charge in [0.1, 0.15) is 5.01 Å². The van der Waals surface area contributed by atoms with Crippen molar-refractivity contribution in [2.24, 2.45) is 5.92 Å². The van der Waals surface area contributed by atoms with Gasteiger partial charge in [-0.1, -0.05) is 30.8 Å². The molecule has 6 heteroatoms. The van der Waals surface area contributed by atoms with E-state index in [1.807, 2.05) is 6.08 Å². The van der Waals surface area contributed by atoms with E-state index in [-0.39, 0.29) is 5.91 Å². The molecule has 2 heterocycles. The summed E-state index contributed by atoms with van der Waals surface area (Å²) >= 11 is 1.32. The van der Waals surface area contributed by atoms with Crippen molar-refractivity contribution in [2.75, 3.05) is 19.8 Å². The number of allylic oxidation sites excluding steroid dienone is 1. The molecule has 2 rings (SSSR count). The molecule has 0 radical (unpaired) electrons. The van der Waals surface area contributed by atoms with E-state index in [2.05, 4.69) is 28.5 Å². The maximum atomic E-state index is 11.9. The summed E-state index contributed by atoms with van der Waals surface area (Å²) in [6.07, 6.45) is 7.11. The Bertz CT molecular complexity index is 439. The summed E-state index contributed by atoms with van der Waals surface area (Å²) in [6.45, 7) is 4.31. The number of nitrogens with zero attached hydrogens (tertiary/aromatic N) is 2. The normalized spacial score (nSPS) is 19.1. The van der Waals surface area contributed by atoms with E-state index in [0.29, 0.717) is 17.5 Å². The van der Waals surface area contributed by atoms with E-state index in [0.717, 1.165) is 37.5 Å². The lowest BCUT2D eigenvalue weighted by Crippen LogP contribution is -2.29. The Hall–Kier alpha value is -1.27. The van der Waals surface area contributed by atoms with E-state index in [9.17, 15) is 4.79 Å². The molecule has 1 amide bonds. The summed E-state index contributed by atoms with van der Waals surface area (Å²) in [7, 11) is 0. The number of hydrogen-bond acceptors (Lipinski definition) is 5. The molecule has 0 spiro atoms. The Balaban J connectivity index is 1.81. The van der Waals surface area contributed by atoms with Crippen molar-refractivity contribution < 1.29 is 9.53 Å². The van der Waals surface area contributed by atoms with E-state index < -0.39 is 0 Å². The van der Waals surface area contributed by atoms with Crippen LogP contribution in [0, 0.1) is 5.92 Å². The minimum Gasteiger partial charge on any atom is -0.381 e. The van der Waals surface area contributed by atoms with Crippen LogP contribution in [0.4, 0.5) is 0 Å². The first kappa shape index (κ1) is 14.1. The summed E-state index contributed by atoms with van der Waals surface area (Å²) in [5.41, 5.74) is 0. The maximum Gasteiger partial charge on any atom is 0.282 e. The zero-order valence-electron chi connectivity index (χ0n) is 11.1. The molecule has 1 fully saturated rings. The van der Waals surface area contributed by atoms with Crippen molar-refractivity contribution >= 4 is 23.3 Å². The third kappa shape index (κ3) is 4.40. The standard InChI is InChI=1S/C13H19N3O2S/c1-2-3-4-5-11-15-16-13(19-11)12(17)14-8-10-6-7-18-9-10/h4-5,10H,2-3,6-9H2,1H3,(H,14,17). The molecule has 5 nitrogen and oxygen atoms in total. The van der Waals surface area contributed by atoms with Gasteiger partial charge in [0.05, 0.1) is 6.61 Å². The third-order valence-corrected chi connectivity index (χ3v) is 3.81. The minimum absolute atomic E-state index is 0.139. The fraction of sp³-hybridized carbons (Fsp3) is 0.615. The molecule has 1 N–H and O–H groups in total. The van der Waals surface area contributed by atoms with Gasteiger partial charge in [-0.3, -0.25) is 4.79 Å². The first-order chi connectivity index (χ1) is 9.29. The number of nitrogens with one attached hydrogen (secondary N) is 1. The Morgan fingerprint density at radius 2 is 2.47 bits per heavy atom. The zero-order valence-corrected chi connectivity index (χ0v) is 11.9. The molecule has 104 valence electrons. The highest BCUT2D eigenvalue weighted by Gasteiger charge is 2.18. The third-order valence-electron chi connectivity index (χ3n) is 2.93. The molecule has 0 bridgehead atoms. The quantitative estimate of drug-likeness (QED) is 0.867. The van der Waals surface area contributed by atoms with Gasteiger partial charge < -0.3 is 10.1 Å². The predicted molar refractivity (Wildman–Crippen MR) is 75.1 cm³/mol. The maximum absolute atomic E-state index is 11.9. The van der Waals surface area contributed by atoms with Crippen LogP contribution in [0.2, 0.25) is 0 Å². The number of carbonyl (C=O) groups excluding carboxylic acids is 1. The number of carbonyl (C=O) groups is 1. The topological polar surface area (TPSA) is 64.1 Å². The first-order valence-corrected chi connectivity index (χ1v) is 7.47. The van der Waals surface area contributed by atoms with Crippen LogP contribution >= 0.6 is 11.3 Å². The van der Waals surface area contributed by atoms with Gasteiger partial charge in [-0.2, -0.15) is 0 Å². The van der Waals surface area contributed by atoms with Crippen LogP contribution in [0.1, 0.15) is 41.0 Å². The predicted octanol–water partition coefficient (Wildman–Crippen LogP) is 2.12. The molecule has 1 atom stereocenters. The summed E-state index contributed by atoms with van der Waals surface area (Å²) in [5.74, 6) is 0.292. The number of aromatic nitrogens is 2. The Morgan fingerprint density at radius 1 is 1.58 bits per heavy atom. The second kappa shape index (κ2) is 7.35. The lowest BCUT2D eigenvalue weighted by molar-refractivity contribution is 0.0944. The lowest BCUT2D eigenvalue weighted by Gasteiger charge is -2.07. The number of unbranched alkanes of at least 4 members (excludes halogenated alkanes) is 1. The highest BCUT2D eigenvalue weighted by Crippen LogP contribution is 2.13. The fourth-order valence-corrected chi connectivity index (χ4v) is 2.49. The smallest absolute Gasteiger partial charge is 0.282 e. The van der Waals surface area contributed by atoms with Crippen molar-refractivity contribution in [3.05, 3.63) is 16.1 Å². The molecule has 0 aliphatic carbocycles. The van der Waals surface area contributed by atoms with Crippen LogP contribution in [-0.4, -0.2) is 35.9 Å². The van der Waals surface area contributed by atoms with Crippen LogP contribution in [0.25, 0.3) is 6.08 Å². The van der Waals surface area contributed by atoms with E-state index in [1.54, 1.807) is 0 Å². The number of amides is 1. The van der Waals surface area contributed by atoms with Crippen molar-refractivity contribution in [3.63, 3.8) is 0 Å². The summed E-state index contributed by atoms with van der Waals surface area (Å²) in [4.78, 5) is 11.9. The van der Waals surface area contributed by atoms with Gasteiger partial charge in [-0.25, -0.2) is 0 Å². The average molecular weight is 281 g/mol. The molecule has 0 saturated carbocycles. The molecule has 1 aromatic rings. The molecular formula is C13H19N3O2S. The number of rotatable bonds is 6. The van der Waals surface area contributed by atoms with Crippen molar-refractivity contribution in [1.82, 2.24) is 15.5 Å². The van der Waals surface area contributed by atoms with Crippen molar-refractivity contribution in [2.45, 2.75) is 26.2 Å². The van der Waals surface area contributed by atoms with Crippen molar-refractivity contribution in [3.8, 4) is 0 Å². The van der Waals surface area contributed by atoms with Crippen LogP contribution in [0.3, 0.4) is 0 Å². The molecule has 1 aromatic heterocycles. The number of hydrogen-bond donors (Lipinski definition) is 1. The SMILES string of the molecule is CCCC=Cc1nnc(C(=O)NCC2CCOC2)s1. The second-order valence-corrected chi connectivity index (χ2v) is 5.59. The van der Waals surface area contributed by atoms with E-state index in [4.69, 9.17) is 4.74 Å². The fourth-order valence-electron chi connectivity index (χ4n) is 1.80. The van der Waals surface area contributed by atoms with Gasteiger partial charge in [-0.15, -0.1) is 10.2 Å². The summed E-state index contributed by atoms with van der Waals surface area (Å²) in [5, 5.41) is 12.0. The highest BCUT2D eigenvalue weighted by atomic mass is 32.1. The average Bonchev–Trinajstić information content (AvgIpc) is 3.07. The molecule has 19 heavy (non-hydrogen) atoms. The minimum atomic E-state index is -0.139. The molecule has 0 aromatic carbocycles. The van der Waals surface area contributed by atoms with E-state index in [1.165, 1.54) is 11.3 Å². The monoisotopic (exact) mass is 281 g/mol. The van der Waals surface area contributed by atoms with Gasteiger partial charge in [0.2, 0.25) is 5.01 Å². The number of ether oxygens (including phenoxy) is 1. The molecule has 1 unspecified atom stereocenters. The lowest BCUT2D eigenvalue weighted by atomic mass is 10.1. The molecular weight excluding hydrogens is 262 g/mol. The van der Waals surface area contributed by atoms with Gasteiger partial charge in [0.15, 0.2) is 0 Å². The summed E-state index contributed by atoms with van der Waals surface area (Å²) < 4.78 is 5.27. The Labute approximate surface area is 117 Å². The Kier molecular flexibility index (Phi) is 5.47. The van der Waals surface area contributed by atoms with Gasteiger partial charge in [-0.05, 0) is 18.9 Å². The van der Waals surface area contributed by atoms with Gasteiger partial charge >= 0.3 is 0 Å². The molecule has 1 aliphatic rings. The van der Waals surface area contributed by atoms with Crippen LogP contribution in [0.15, 0.2) is 6.08 Å². The van der Waals surface area contributed by atoms with Crippen molar-refractivity contribution in [1.29, 1.82) is 0 Å². The van der Waals surface area contributed by atoms with Crippen LogP contribution in [0.5, 0.6) is 0 Å². The summed E-state index contributed by atoms with van der Waals surface area (Å²) in [6, 6.07) is 0.